The summed E-state index contributed by atoms with van der Waals surface area (Å²) in [5.41, 5.74) is 2.10. The van der Waals surface area contributed by atoms with Gasteiger partial charge in [0.25, 0.3) is 5.56 Å². The molecule has 0 radical (unpaired) electrons. The molecule has 3 aromatic heterocycles. The molecule has 0 saturated carbocycles. The minimum absolute atomic E-state index is 0.154. The number of nitrogens with zero attached hydrogens (tertiary/aromatic N) is 6. The Morgan fingerprint density at radius 3 is 2.61 bits per heavy atom. The molecule has 0 unspecified atom stereocenters. The van der Waals surface area contributed by atoms with Gasteiger partial charge in [-0.1, -0.05) is 37.3 Å². The van der Waals surface area contributed by atoms with E-state index in [1.165, 1.54) is 0 Å². The van der Waals surface area contributed by atoms with Crippen LogP contribution in [0.1, 0.15) is 27.2 Å². The number of carbonyl (C=O) groups excluding carboxylic acids is 1. The van der Waals surface area contributed by atoms with Crippen molar-refractivity contribution in [1.82, 2.24) is 29.2 Å². The molecule has 0 aliphatic carbocycles. The minimum Gasteiger partial charge on any atom is -0.444 e. The summed E-state index contributed by atoms with van der Waals surface area (Å²) >= 11 is 6.94. The van der Waals surface area contributed by atoms with Crippen LogP contribution in [0.3, 0.4) is 0 Å². The number of aryl methyl sites for hydroxylation is 1. The zero-order valence-corrected chi connectivity index (χ0v) is 28.8. The van der Waals surface area contributed by atoms with Crippen LogP contribution in [0.2, 0.25) is 30.7 Å². The highest BCUT2D eigenvalue weighted by atomic mass is 35.5. The first-order chi connectivity index (χ1) is 20.6. The maximum atomic E-state index is 14.1. The highest BCUT2D eigenvalue weighted by molar-refractivity contribution is 6.76. The van der Waals surface area contributed by atoms with E-state index in [0.29, 0.717) is 47.3 Å². The van der Waals surface area contributed by atoms with Crippen molar-refractivity contribution in [3.05, 3.63) is 39.9 Å². The average molecular weight is 642 g/mol. The molecule has 1 aliphatic heterocycles. The minimum atomic E-state index is -1.27. The van der Waals surface area contributed by atoms with Crippen LogP contribution in [0.15, 0.2) is 29.3 Å². The molecular weight excluding hydrogens is 598 g/mol. The van der Waals surface area contributed by atoms with Gasteiger partial charge >= 0.3 is 6.09 Å². The fourth-order valence-corrected chi connectivity index (χ4v) is 6.61. The lowest BCUT2D eigenvalue weighted by molar-refractivity contribution is 0.0520. The van der Waals surface area contributed by atoms with E-state index in [4.69, 9.17) is 26.1 Å². The summed E-state index contributed by atoms with van der Waals surface area (Å²) in [6, 6.07) is 4.88. The lowest BCUT2D eigenvalue weighted by atomic mass is 10.0. The Kier molecular flexibility index (Phi) is 8.89. The number of carbonyl (C=O) groups is 1. The molecule has 1 fully saturated rings. The van der Waals surface area contributed by atoms with E-state index in [1.807, 2.05) is 56.9 Å². The number of alkyl carbamates (subject to hydrolysis) is 1. The van der Waals surface area contributed by atoms with Crippen LogP contribution in [-0.4, -0.2) is 69.9 Å². The Hall–Kier alpha value is -3.35. The molecule has 4 heterocycles. The zero-order valence-electron chi connectivity index (χ0n) is 27.0. The Labute approximate surface area is 264 Å². The third-order valence-electron chi connectivity index (χ3n) is 7.83. The lowest BCUT2D eigenvalue weighted by Crippen LogP contribution is -2.36. The lowest BCUT2D eigenvalue weighted by Gasteiger charge is -2.22. The first-order valence-corrected chi connectivity index (χ1v) is 19.2. The number of anilines is 1. The number of hydrogen-bond acceptors (Lipinski definition) is 7. The van der Waals surface area contributed by atoms with Crippen molar-refractivity contribution in [3.63, 3.8) is 0 Å². The highest BCUT2D eigenvalue weighted by Crippen LogP contribution is 2.38. The monoisotopic (exact) mass is 641 g/mol. The van der Waals surface area contributed by atoms with Crippen LogP contribution in [0.5, 0.6) is 0 Å². The third-order valence-corrected chi connectivity index (χ3v) is 9.94. The Bertz CT molecular complexity index is 1750. The molecular formula is C31H44ClN7O4Si. The number of ether oxygens (including phenoxy) is 2. The zero-order chi connectivity index (χ0) is 32.0. The van der Waals surface area contributed by atoms with Crippen LogP contribution < -0.4 is 15.8 Å². The van der Waals surface area contributed by atoms with Crippen LogP contribution in [0.25, 0.3) is 33.1 Å². The predicted molar refractivity (Wildman–Crippen MR) is 178 cm³/mol. The second-order valence-corrected chi connectivity index (χ2v) is 20.0. The first-order valence-electron chi connectivity index (χ1n) is 15.1. The fourth-order valence-electron chi connectivity index (χ4n) is 5.54. The van der Waals surface area contributed by atoms with E-state index in [2.05, 4.69) is 35.0 Å². The molecule has 1 aliphatic rings. The summed E-state index contributed by atoms with van der Waals surface area (Å²) in [4.78, 5) is 33.5. The average Bonchev–Trinajstić information content (AvgIpc) is 3.63. The SMILES string of the molecule is Cn1cc2c(Cl)c(-c3cn(COCC[Si](C)(C)C)c4nc(N5CC[C@H](CNC(=O)OC(C)(C)C)C5)n(C)c(=O)c34)ccc2n1. The summed E-state index contributed by atoms with van der Waals surface area (Å²) in [5, 5.41) is 9.22. The number of nitrogens with one attached hydrogen (secondary N) is 1. The molecule has 44 heavy (non-hydrogen) atoms. The van der Waals surface area contributed by atoms with Crippen molar-refractivity contribution < 1.29 is 14.3 Å². The van der Waals surface area contributed by atoms with E-state index < -0.39 is 19.8 Å². The molecule has 11 nitrogen and oxygen atoms in total. The summed E-state index contributed by atoms with van der Waals surface area (Å²) in [6.45, 7) is 15.3. The number of amides is 1. The topological polar surface area (TPSA) is 108 Å². The summed E-state index contributed by atoms with van der Waals surface area (Å²) < 4.78 is 16.8. The molecule has 0 spiro atoms. The van der Waals surface area contributed by atoms with E-state index in [-0.39, 0.29) is 18.2 Å². The third kappa shape index (κ3) is 6.97. The quantitative estimate of drug-likeness (QED) is 0.187. The molecule has 1 aromatic carbocycles. The summed E-state index contributed by atoms with van der Waals surface area (Å²) in [6.07, 6.45) is 4.25. The highest BCUT2D eigenvalue weighted by Gasteiger charge is 2.29. The van der Waals surface area contributed by atoms with Crippen molar-refractivity contribution in [2.45, 2.75) is 65.2 Å². The maximum Gasteiger partial charge on any atom is 0.407 e. The molecule has 1 saturated heterocycles. The van der Waals surface area contributed by atoms with E-state index in [0.717, 1.165) is 35.5 Å². The standard InChI is InChI=1S/C31H44ClN7O4Si/c1-31(2,3)43-30(41)33-15-20-11-12-38(16-20)29-34-27-25(28(40)37(29)5)22(18-39(27)19-42-13-14-44(6,7)8)21-9-10-24-23(26(21)32)17-36(4)35-24/h9-10,17-18,20H,11-16,19H2,1-8H3,(H,33,41)/t20-/m1/s1. The first kappa shape index (κ1) is 32.1. The van der Waals surface area contributed by atoms with Gasteiger partial charge in [-0.05, 0) is 45.2 Å². The Balaban J connectivity index is 1.49. The molecule has 4 aromatic rings. The van der Waals surface area contributed by atoms with Crippen molar-refractivity contribution in [2.75, 3.05) is 31.1 Å². The van der Waals surface area contributed by atoms with Gasteiger partial charge in [-0.2, -0.15) is 10.1 Å². The van der Waals surface area contributed by atoms with Crippen LogP contribution in [0, 0.1) is 5.92 Å². The number of halogens is 1. The second kappa shape index (κ2) is 12.2. The van der Waals surface area contributed by atoms with E-state index in [9.17, 15) is 9.59 Å². The largest absolute Gasteiger partial charge is 0.444 e. The van der Waals surface area contributed by atoms with Gasteiger partial charge in [-0.3, -0.25) is 14.0 Å². The van der Waals surface area contributed by atoms with Crippen molar-refractivity contribution in [3.8, 4) is 11.1 Å². The summed E-state index contributed by atoms with van der Waals surface area (Å²) in [7, 11) is 2.34. The molecule has 1 amide bonds. The number of rotatable bonds is 9. The van der Waals surface area contributed by atoms with Gasteiger partial charge in [0.1, 0.15) is 12.3 Å². The molecule has 5 rings (SSSR count). The molecule has 1 N–H and O–H groups in total. The van der Waals surface area contributed by atoms with Crippen LogP contribution in [-0.2, 0) is 30.3 Å². The van der Waals surface area contributed by atoms with Crippen molar-refractivity contribution >= 4 is 53.7 Å². The van der Waals surface area contributed by atoms with Crippen LogP contribution in [0.4, 0.5) is 10.7 Å². The van der Waals surface area contributed by atoms with Crippen molar-refractivity contribution in [1.29, 1.82) is 0 Å². The van der Waals surface area contributed by atoms with Gasteiger partial charge in [-0.25, -0.2) is 4.79 Å². The van der Waals surface area contributed by atoms with E-state index in [1.54, 1.807) is 16.3 Å². The Morgan fingerprint density at radius 1 is 1.16 bits per heavy atom. The predicted octanol–water partition coefficient (Wildman–Crippen LogP) is 5.61. The van der Waals surface area contributed by atoms with E-state index >= 15 is 0 Å². The molecule has 0 bridgehead atoms. The number of benzene rings is 1. The molecule has 13 heteroatoms. The van der Waals surface area contributed by atoms with Gasteiger partial charge in [0.15, 0.2) is 5.65 Å². The van der Waals surface area contributed by atoms with Gasteiger partial charge in [0.05, 0.1) is 15.9 Å². The van der Waals surface area contributed by atoms with Gasteiger partial charge in [0.2, 0.25) is 5.95 Å². The fraction of sp³-hybridized carbons (Fsp3) is 0.548. The number of hydrogen-bond donors (Lipinski definition) is 1. The molecule has 1 atom stereocenters. The van der Waals surface area contributed by atoms with Crippen molar-refractivity contribution in [2.24, 2.45) is 20.0 Å². The van der Waals surface area contributed by atoms with Crippen LogP contribution >= 0.6 is 11.6 Å². The Morgan fingerprint density at radius 2 is 1.91 bits per heavy atom. The number of aromatic nitrogens is 5. The van der Waals surface area contributed by atoms with Gasteiger partial charge in [0, 0.05) is 77.3 Å². The normalized spacial score (nSPS) is 15.9. The smallest absolute Gasteiger partial charge is 0.407 e. The molecule has 238 valence electrons. The maximum absolute atomic E-state index is 14.1. The van der Waals surface area contributed by atoms with Gasteiger partial charge < -0.3 is 24.3 Å². The van der Waals surface area contributed by atoms with Gasteiger partial charge in [-0.15, -0.1) is 0 Å². The number of fused-ring (bicyclic) bond motifs is 2. The summed E-state index contributed by atoms with van der Waals surface area (Å²) in [5.74, 6) is 0.788. The second-order valence-electron chi connectivity index (χ2n) is 14.0.